The first kappa shape index (κ1) is 20.9. The van der Waals surface area contributed by atoms with Crippen molar-refractivity contribution in [3.05, 3.63) is 88.3 Å². The van der Waals surface area contributed by atoms with Gasteiger partial charge in [0.15, 0.2) is 5.82 Å². The van der Waals surface area contributed by atoms with Gasteiger partial charge in [-0.3, -0.25) is 20.0 Å². The first-order valence-corrected chi connectivity index (χ1v) is 9.78. The van der Waals surface area contributed by atoms with Crippen molar-refractivity contribution in [1.82, 2.24) is 19.7 Å². The van der Waals surface area contributed by atoms with Crippen LogP contribution < -0.4 is 20.3 Å². The maximum Gasteiger partial charge on any atom is 0.263 e. The minimum Gasteiger partial charge on any atom is -0.497 e. The third-order valence-electron chi connectivity index (χ3n) is 4.84. The van der Waals surface area contributed by atoms with Crippen molar-refractivity contribution in [1.29, 1.82) is 0 Å². The molecule has 4 aromatic rings. The number of aromatic amines is 1. The van der Waals surface area contributed by atoms with E-state index in [0.717, 1.165) is 5.56 Å². The molecule has 0 aliphatic carbocycles. The first-order chi connectivity index (χ1) is 15.6. The number of pyridine rings is 1. The number of hydrogen-bond donors (Lipinski definition) is 2. The summed E-state index contributed by atoms with van der Waals surface area (Å²) in [6, 6.07) is 17.9. The van der Waals surface area contributed by atoms with Crippen LogP contribution in [0.3, 0.4) is 0 Å². The molecule has 162 valence electrons. The van der Waals surface area contributed by atoms with E-state index in [1.165, 1.54) is 17.7 Å². The molecule has 9 nitrogen and oxygen atoms in total. The van der Waals surface area contributed by atoms with Gasteiger partial charge in [0, 0.05) is 12.3 Å². The Kier molecular flexibility index (Phi) is 5.98. The van der Waals surface area contributed by atoms with Gasteiger partial charge in [-0.1, -0.05) is 30.3 Å². The molecule has 0 aliphatic heterocycles. The number of ether oxygens (including phenoxy) is 2. The number of nitrogens with zero attached hydrogens (tertiary/aromatic N) is 3. The predicted octanol–water partition coefficient (Wildman–Crippen LogP) is 2.95. The maximum absolute atomic E-state index is 12.8. The second-order valence-corrected chi connectivity index (χ2v) is 6.87. The largest absolute Gasteiger partial charge is 0.497 e. The van der Waals surface area contributed by atoms with Gasteiger partial charge in [-0.15, -0.1) is 5.10 Å². The summed E-state index contributed by atoms with van der Waals surface area (Å²) in [6.07, 6.45) is 1.65. The highest BCUT2D eigenvalue weighted by molar-refractivity contribution is 6.03. The molecule has 2 N–H and O–H groups in total. The number of methoxy groups -OCH3 is 2. The van der Waals surface area contributed by atoms with Crippen molar-refractivity contribution in [2.45, 2.75) is 6.54 Å². The lowest BCUT2D eigenvalue weighted by atomic mass is 10.2. The molecule has 0 fully saturated rings. The Morgan fingerprint density at radius 1 is 1.06 bits per heavy atom. The van der Waals surface area contributed by atoms with E-state index in [9.17, 15) is 9.59 Å². The van der Waals surface area contributed by atoms with Crippen LogP contribution in [0.4, 0.5) is 5.95 Å². The number of anilines is 1. The summed E-state index contributed by atoms with van der Waals surface area (Å²) in [5.41, 5.74) is 1.20. The summed E-state index contributed by atoms with van der Waals surface area (Å²) in [5.74, 6) is 1.01. The minimum atomic E-state index is -0.593. The van der Waals surface area contributed by atoms with Gasteiger partial charge in [-0.25, -0.2) is 0 Å². The number of nitrogens with one attached hydrogen (secondary N) is 2. The second kappa shape index (κ2) is 9.17. The molecule has 0 saturated carbocycles. The Balaban J connectivity index is 1.54. The summed E-state index contributed by atoms with van der Waals surface area (Å²) in [7, 11) is 3.10. The quantitative estimate of drug-likeness (QED) is 0.465. The highest BCUT2D eigenvalue weighted by atomic mass is 16.5. The molecule has 0 saturated heterocycles. The van der Waals surface area contributed by atoms with E-state index in [0.29, 0.717) is 29.4 Å². The number of benzene rings is 2. The molecule has 0 unspecified atom stereocenters. The summed E-state index contributed by atoms with van der Waals surface area (Å²) < 4.78 is 12.1. The van der Waals surface area contributed by atoms with Crippen molar-refractivity contribution in [2.24, 2.45) is 0 Å². The molecule has 0 bridgehead atoms. The Bertz CT molecular complexity index is 1300. The van der Waals surface area contributed by atoms with Crippen LogP contribution in [0.2, 0.25) is 0 Å². The van der Waals surface area contributed by atoms with Gasteiger partial charge in [0.2, 0.25) is 5.95 Å². The lowest BCUT2D eigenvalue weighted by Crippen LogP contribution is -2.29. The smallest absolute Gasteiger partial charge is 0.263 e. The third-order valence-corrected chi connectivity index (χ3v) is 4.84. The van der Waals surface area contributed by atoms with Gasteiger partial charge in [0.1, 0.15) is 17.1 Å². The predicted molar refractivity (Wildman–Crippen MR) is 119 cm³/mol. The first-order valence-electron chi connectivity index (χ1n) is 9.78. The van der Waals surface area contributed by atoms with Crippen molar-refractivity contribution in [3.8, 4) is 22.9 Å². The number of H-pyrrole nitrogens is 1. The Hall–Kier alpha value is -4.40. The molecule has 2 aromatic carbocycles. The normalized spacial score (nSPS) is 10.6. The van der Waals surface area contributed by atoms with Gasteiger partial charge in [0.05, 0.1) is 26.3 Å². The molecule has 4 rings (SSSR count). The van der Waals surface area contributed by atoms with E-state index in [1.807, 2.05) is 30.3 Å². The Morgan fingerprint density at radius 3 is 2.62 bits per heavy atom. The molecule has 1 amide bonds. The van der Waals surface area contributed by atoms with Crippen LogP contribution in [-0.2, 0) is 6.54 Å². The van der Waals surface area contributed by atoms with Gasteiger partial charge in [-0.05, 0) is 29.8 Å². The Morgan fingerprint density at radius 2 is 1.88 bits per heavy atom. The molecular formula is C23H21N5O4. The zero-order valence-electron chi connectivity index (χ0n) is 17.5. The van der Waals surface area contributed by atoms with E-state index in [1.54, 1.807) is 37.6 Å². The topological polar surface area (TPSA) is 111 Å². The molecular weight excluding hydrogens is 410 g/mol. The second-order valence-electron chi connectivity index (χ2n) is 6.87. The molecule has 32 heavy (non-hydrogen) atoms. The van der Waals surface area contributed by atoms with Gasteiger partial charge in [0.25, 0.3) is 11.5 Å². The number of carbonyl (C=O) groups excluding carboxylic acids is 1. The van der Waals surface area contributed by atoms with Crippen molar-refractivity contribution in [2.75, 3.05) is 19.5 Å². The van der Waals surface area contributed by atoms with Crippen LogP contribution in [0.15, 0.2) is 71.7 Å². The molecule has 0 radical (unpaired) electrons. The SMILES string of the molecule is COc1ccc(-c2nc(NC(=O)c3cccn(Cc4ccccc4)c3=O)n[nH]2)c(OC)c1. The highest BCUT2D eigenvalue weighted by Crippen LogP contribution is 2.31. The number of amides is 1. The average molecular weight is 431 g/mol. The number of hydrogen-bond acceptors (Lipinski definition) is 6. The molecule has 2 aromatic heterocycles. The van der Waals surface area contributed by atoms with Crippen LogP contribution in [0.25, 0.3) is 11.4 Å². The van der Waals surface area contributed by atoms with E-state index in [-0.39, 0.29) is 11.5 Å². The van der Waals surface area contributed by atoms with Crippen LogP contribution in [0, 0.1) is 0 Å². The standard InChI is InChI=1S/C23H21N5O4/c1-31-16-10-11-17(19(13-16)32-2)20-24-23(27-26-20)25-21(29)18-9-6-12-28(22(18)30)14-15-7-4-3-5-8-15/h3-13H,14H2,1-2H3,(H2,24,25,26,27,29). The number of carbonyl (C=O) groups is 1. The van der Waals surface area contributed by atoms with Gasteiger partial charge in [-0.2, -0.15) is 4.98 Å². The monoisotopic (exact) mass is 431 g/mol. The van der Waals surface area contributed by atoms with E-state index in [2.05, 4.69) is 20.5 Å². The van der Waals surface area contributed by atoms with E-state index >= 15 is 0 Å². The third kappa shape index (κ3) is 4.36. The molecule has 0 aliphatic rings. The van der Waals surface area contributed by atoms with Crippen LogP contribution in [-0.4, -0.2) is 39.9 Å². The Labute approximate surface area is 183 Å². The van der Waals surface area contributed by atoms with Gasteiger partial charge >= 0.3 is 0 Å². The van der Waals surface area contributed by atoms with Crippen molar-refractivity contribution >= 4 is 11.9 Å². The minimum absolute atomic E-state index is 0.00295. The lowest BCUT2D eigenvalue weighted by molar-refractivity contribution is 0.102. The number of rotatable bonds is 7. The van der Waals surface area contributed by atoms with E-state index in [4.69, 9.17) is 9.47 Å². The zero-order chi connectivity index (χ0) is 22.5. The van der Waals surface area contributed by atoms with E-state index < -0.39 is 11.5 Å². The number of aromatic nitrogens is 4. The fourth-order valence-corrected chi connectivity index (χ4v) is 3.22. The fourth-order valence-electron chi connectivity index (χ4n) is 3.22. The maximum atomic E-state index is 12.8. The van der Waals surface area contributed by atoms with Crippen molar-refractivity contribution < 1.29 is 14.3 Å². The summed E-state index contributed by atoms with van der Waals surface area (Å²) >= 11 is 0. The molecule has 0 spiro atoms. The molecule has 2 heterocycles. The van der Waals surface area contributed by atoms with Gasteiger partial charge < -0.3 is 14.0 Å². The van der Waals surface area contributed by atoms with Crippen LogP contribution in [0.5, 0.6) is 11.5 Å². The highest BCUT2D eigenvalue weighted by Gasteiger charge is 2.17. The zero-order valence-corrected chi connectivity index (χ0v) is 17.5. The molecule has 0 atom stereocenters. The summed E-state index contributed by atoms with van der Waals surface area (Å²) in [5, 5.41) is 9.37. The fraction of sp³-hybridized carbons (Fsp3) is 0.130. The average Bonchev–Trinajstić information content (AvgIpc) is 3.28. The van der Waals surface area contributed by atoms with Crippen LogP contribution in [0.1, 0.15) is 15.9 Å². The summed E-state index contributed by atoms with van der Waals surface area (Å²) in [6.45, 7) is 0.364. The van der Waals surface area contributed by atoms with Crippen LogP contribution >= 0.6 is 0 Å². The lowest BCUT2D eigenvalue weighted by Gasteiger charge is -2.08. The summed E-state index contributed by atoms with van der Waals surface area (Å²) in [4.78, 5) is 29.8. The molecule has 9 heteroatoms. The van der Waals surface area contributed by atoms with Crippen molar-refractivity contribution in [3.63, 3.8) is 0 Å².